The normalized spacial score (nSPS) is 12.1. The van der Waals surface area contributed by atoms with Crippen LogP contribution in [0.25, 0.3) is 10.8 Å². The largest absolute Gasteiger partial charge is 0.508 e. The van der Waals surface area contributed by atoms with Crippen LogP contribution in [-0.4, -0.2) is 5.11 Å². The number of fused-ring (bicyclic) bond motifs is 1. The van der Waals surface area contributed by atoms with E-state index in [0.717, 1.165) is 16.3 Å². The molecule has 2 aromatic carbocycles. The van der Waals surface area contributed by atoms with Gasteiger partial charge < -0.3 is 10.8 Å². The number of aromatic hydroxyl groups is 1. The van der Waals surface area contributed by atoms with Crippen LogP contribution >= 0.6 is 12.4 Å². The number of phenolic OH excluding ortho intramolecular Hbond substituents is 1. The van der Waals surface area contributed by atoms with Gasteiger partial charge in [0.2, 0.25) is 0 Å². The Labute approximate surface area is 95.1 Å². The number of halogens is 1. The van der Waals surface area contributed by atoms with Crippen LogP contribution < -0.4 is 5.73 Å². The van der Waals surface area contributed by atoms with E-state index in [4.69, 9.17) is 5.73 Å². The van der Waals surface area contributed by atoms with Crippen LogP contribution in [0, 0.1) is 0 Å². The standard InChI is InChI=1S/C12H13NO.ClH/c1-8(13)12-10-5-3-2-4-9(10)6-7-11(12)14;/h2-8,14H,13H2,1H3;1H/t8-;/m0./s1. The molecule has 3 heteroatoms. The number of hydrogen-bond acceptors (Lipinski definition) is 2. The Bertz CT molecular complexity index is 468. The molecular weight excluding hydrogens is 210 g/mol. The first-order chi connectivity index (χ1) is 6.70. The van der Waals surface area contributed by atoms with Crippen molar-refractivity contribution in [3.63, 3.8) is 0 Å². The first kappa shape index (κ1) is 11.8. The van der Waals surface area contributed by atoms with Gasteiger partial charge in [-0.25, -0.2) is 0 Å². The first-order valence-electron chi connectivity index (χ1n) is 4.66. The lowest BCUT2D eigenvalue weighted by molar-refractivity contribution is 0.465. The van der Waals surface area contributed by atoms with Crippen molar-refractivity contribution >= 4 is 23.2 Å². The fourth-order valence-corrected chi connectivity index (χ4v) is 1.76. The molecule has 2 rings (SSSR count). The van der Waals surface area contributed by atoms with Gasteiger partial charge in [0.05, 0.1) is 0 Å². The number of phenols is 1. The van der Waals surface area contributed by atoms with E-state index in [0.29, 0.717) is 0 Å². The molecular formula is C12H14ClNO. The Kier molecular flexibility index (Phi) is 3.56. The molecule has 0 spiro atoms. The summed E-state index contributed by atoms with van der Waals surface area (Å²) in [4.78, 5) is 0. The topological polar surface area (TPSA) is 46.2 Å². The van der Waals surface area contributed by atoms with E-state index >= 15 is 0 Å². The van der Waals surface area contributed by atoms with Gasteiger partial charge in [-0.3, -0.25) is 0 Å². The summed E-state index contributed by atoms with van der Waals surface area (Å²) in [6, 6.07) is 11.4. The zero-order valence-electron chi connectivity index (χ0n) is 8.47. The van der Waals surface area contributed by atoms with Crippen LogP contribution in [0.3, 0.4) is 0 Å². The molecule has 0 saturated heterocycles. The molecule has 0 unspecified atom stereocenters. The van der Waals surface area contributed by atoms with Crippen LogP contribution in [-0.2, 0) is 0 Å². The minimum absolute atomic E-state index is 0. The van der Waals surface area contributed by atoms with E-state index in [-0.39, 0.29) is 24.2 Å². The molecule has 0 saturated carbocycles. The molecule has 15 heavy (non-hydrogen) atoms. The zero-order chi connectivity index (χ0) is 10.1. The summed E-state index contributed by atoms with van der Waals surface area (Å²) in [7, 11) is 0. The molecule has 2 aromatic rings. The highest BCUT2D eigenvalue weighted by molar-refractivity contribution is 5.88. The van der Waals surface area contributed by atoms with Crippen molar-refractivity contribution in [1.29, 1.82) is 0 Å². The number of benzene rings is 2. The molecule has 1 atom stereocenters. The third kappa shape index (κ3) is 2.06. The van der Waals surface area contributed by atoms with Crippen molar-refractivity contribution in [1.82, 2.24) is 0 Å². The minimum atomic E-state index is -0.152. The van der Waals surface area contributed by atoms with Crippen LogP contribution in [0.15, 0.2) is 36.4 Å². The maximum atomic E-state index is 9.70. The Morgan fingerprint density at radius 2 is 1.80 bits per heavy atom. The molecule has 2 nitrogen and oxygen atoms in total. The van der Waals surface area contributed by atoms with E-state index in [1.165, 1.54) is 0 Å². The van der Waals surface area contributed by atoms with Gasteiger partial charge in [-0.2, -0.15) is 0 Å². The summed E-state index contributed by atoms with van der Waals surface area (Å²) >= 11 is 0. The number of hydrogen-bond donors (Lipinski definition) is 2. The van der Waals surface area contributed by atoms with Gasteiger partial charge in [0.15, 0.2) is 0 Å². The summed E-state index contributed by atoms with van der Waals surface area (Å²) in [6.07, 6.45) is 0. The van der Waals surface area contributed by atoms with Crippen molar-refractivity contribution in [3.8, 4) is 5.75 Å². The first-order valence-corrected chi connectivity index (χ1v) is 4.66. The molecule has 0 radical (unpaired) electrons. The average molecular weight is 224 g/mol. The van der Waals surface area contributed by atoms with E-state index in [2.05, 4.69) is 0 Å². The van der Waals surface area contributed by atoms with Crippen molar-refractivity contribution in [2.45, 2.75) is 13.0 Å². The molecule has 0 amide bonds. The van der Waals surface area contributed by atoms with Gasteiger partial charge in [0, 0.05) is 11.6 Å². The van der Waals surface area contributed by atoms with E-state index < -0.39 is 0 Å². The van der Waals surface area contributed by atoms with Crippen molar-refractivity contribution in [2.75, 3.05) is 0 Å². The van der Waals surface area contributed by atoms with E-state index in [1.54, 1.807) is 6.07 Å². The average Bonchev–Trinajstić information content (AvgIpc) is 2.17. The molecule has 0 fully saturated rings. The second-order valence-electron chi connectivity index (χ2n) is 3.51. The quantitative estimate of drug-likeness (QED) is 0.781. The van der Waals surface area contributed by atoms with Crippen molar-refractivity contribution in [2.24, 2.45) is 5.73 Å². The Morgan fingerprint density at radius 1 is 1.13 bits per heavy atom. The Balaban J connectivity index is 0.00000112. The van der Waals surface area contributed by atoms with Crippen molar-refractivity contribution < 1.29 is 5.11 Å². The van der Waals surface area contributed by atoms with Gasteiger partial charge >= 0.3 is 0 Å². The maximum Gasteiger partial charge on any atom is 0.120 e. The molecule has 0 aliphatic rings. The van der Waals surface area contributed by atoms with Gasteiger partial charge in [-0.1, -0.05) is 30.3 Å². The predicted molar refractivity (Wildman–Crippen MR) is 65.5 cm³/mol. The molecule has 0 aromatic heterocycles. The zero-order valence-corrected chi connectivity index (χ0v) is 9.29. The van der Waals surface area contributed by atoms with Crippen LogP contribution in [0.4, 0.5) is 0 Å². The highest BCUT2D eigenvalue weighted by Crippen LogP contribution is 2.30. The smallest absolute Gasteiger partial charge is 0.120 e. The fourth-order valence-electron chi connectivity index (χ4n) is 1.76. The molecule has 0 heterocycles. The van der Waals surface area contributed by atoms with Gasteiger partial charge in [0.25, 0.3) is 0 Å². The lowest BCUT2D eigenvalue weighted by Gasteiger charge is -2.11. The SMILES string of the molecule is C[C@H](N)c1c(O)ccc2ccccc12.Cl. The summed E-state index contributed by atoms with van der Waals surface area (Å²) < 4.78 is 0. The van der Waals surface area contributed by atoms with E-state index in [9.17, 15) is 5.11 Å². The van der Waals surface area contributed by atoms with Crippen LogP contribution in [0.2, 0.25) is 0 Å². The second-order valence-corrected chi connectivity index (χ2v) is 3.51. The summed E-state index contributed by atoms with van der Waals surface area (Å²) in [5.41, 5.74) is 6.64. The predicted octanol–water partition coefficient (Wildman–Crippen LogP) is 2.99. The monoisotopic (exact) mass is 223 g/mol. The van der Waals surface area contributed by atoms with Crippen molar-refractivity contribution in [3.05, 3.63) is 42.0 Å². The minimum Gasteiger partial charge on any atom is -0.508 e. The van der Waals surface area contributed by atoms with Crippen LogP contribution in [0.5, 0.6) is 5.75 Å². The van der Waals surface area contributed by atoms with Crippen LogP contribution in [0.1, 0.15) is 18.5 Å². The molecule has 0 aliphatic heterocycles. The molecule has 0 bridgehead atoms. The number of nitrogens with two attached hydrogens (primary N) is 1. The fraction of sp³-hybridized carbons (Fsp3) is 0.167. The third-order valence-corrected chi connectivity index (χ3v) is 2.40. The lowest BCUT2D eigenvalue weighted by Crippen LogP contribution is -2.05. The summed E-state index contributed by atoms with van der Waals surface area (Å²) in [5, 5.41) is 11.8. The highest BCUT2D eigenvalue weighted by atomic mass is 35.5. The highest BCUT2D eigenvalue weighted by Gasteiger charge is 2.09. The molecule has 0 aliphatic carbocycles. The van der Waals surface area contributed by atoms with Gasteiger partial charge in [-0.05, 0) is 23.8 Å². The lowest BCUT2D eigenvalue weighted by atomic mass is 9.99. The van der Waals surface area contributed by atoms with E-state index in [1.807, 2.05) is 37.3 Å². The Morgan fingerprint density at radius 3 is 2.47 bits per heavy atom. The summed E-state index contributed by atoms with van der Waals surface area (Å²) in [6.45, 7) is 1.88. The second kappa shape index (κ2) is 4.51. The number of rotatable bonds is 1. The third-order valence-electron chi connectivity index (χ3n) is 2.40. The van der Waals surface area contributed by atoms with Gasteiger partial charge in [0.1, 0.15) is 5.75 Å². The molecule has 3 N–H and O–H groups in total. The maximum absolute atomic E-state index is 9.70. The van der Waals surface area contributed by atoms with Gasteiger partial charge in [-0.15, -0.1) is 12.4 Å². The molecule has 80 valence electrons. The Hall–Kier alpha value is -1.25. The summed E-state index contributed by atoms with van der Waals surface area (Å²) in [5.74, 6) is 0.277.